The van der Waals surface area contributed by atoms with Crippen LogP contribution in [0.3, 0.4) is 0 Å². The third-order valence-corrected chi connectivity index (χ3v) is 7.21. The van der Waals surface area contributed by atoms with Gasteiger partial charge in [0.15, 0.2) is 0 Å². The molecule has 162 valence electrons. The van der Waals surface area contributed by atoms with Crippen molar-refractivity contribution in [3.8, 4) is 0 Å². The molecule has 0 aromatic rings. The molecule has 29 heavy (non-hydrogen) atoms. The normalized spacial score (nSPS) is 23.8. The molecule has 2 saturated heterocycles. The number of carbonyl (C=O) groups excluding carboxylic acids is 3. The number of hydrogen-bond acceptors (Lipinski definition) is 6. The molecule has 2 fully saturated rings. The van der Waals surface area contributed by atoms with Crippen molar-refractivity contribution in [1.29, 1.82) is 0 Å². The molecule has 0 saturated carbocycles. The van der Waals surface area contributed by atoms with Gasteiger partial charge in [-0.25, -0.2) is 12.7 Å². The lowest BCUT2D eigenvalue weighted by atomic mass is 9.96. The highest BCUT2D eigenvalue weighted by atomic mass is 32.2. The fraction of sp³-hybridized carbons (Fsp3) is 0.737. The molecule has 1 unspecified atom stereocenters. The number of nitrogens with two attached hydrogens (primary N) is 1. The molecule has 0 bridgehead atoms. The molecular formula is C19H30N4O5S. The summed E-state index contributed by atoms with van der Waals surface area (Å²) in [5, 5.41) is 0. The summed E-state index contributed by atoms with van der Waals surface area (Å²) in [6, 6.07) is -0.561. The molecule has 0 aromatic carbocycles. The van der Waals surface area contributed by atoms with Gasteiger partial charge in [-0.2, -0.15) is 0 Å². The topological polar surface area (TPSA) is 121 Å². The Bertz CT molecular complexity index is 830. The molecule has 3 aliphatic rings. The molecule has 0 aromatic heterocycles. The second kappa shape index (κ2) is 8.43. The molecule has 3 aliphatic heterocycles. The first-order chi connectivity index (χ1) is 13.6. The van der Waals surface area contributed by atoms with Crippen LogP contribution in [0.4, 0.5) is 0 Å². The first kappa shape index (κ1) is 21.8. The average molecular weight is 427 g/mol. The lowest BCUT2D eigenvalue weighted by Crippen LogP contribution is -2.40. The van der Waals surface area contributed by atoms with Crippen LogP contribution in [0.5, 0.6) is 0 Å². The first-order valence-electron chi connectivity index (χ1n) is 10.2. The van der Waals surface area contributed by atoms with Gasteiger partial charge in [0.05, 0.1) is 18.0 Å². The highest BCUT2D eigenvalue weighted by Crippen LogP contribution is 2.39. The highest BCUT2D eigenvalue weighted by molar-refractivity contribution is 7.89. The standard InChI is InChI=1S/C19H30N4O5S/c1-3-4-14-17-15(23(19(14)26)29(2,27)28)7-12-22(17)16(24)8-11-21-9-5-13(6-10-21)18(20)25/h13,15H,3-12H2,1-2H3,(H2,20,25). The number of carbonyl (C=O) groups is 3. The fourth-order valence-electron chi connectivity index (χ4n) is 4.62. The van der Waals surface area contributed by atoms with E-state index in [0.717, 1.165) is 23.7 Å². The van der Waals surface area contributed by atoms with Crippen molar-refractivity contribution in [2.75, 3.05) is 32.4 Å². The van der Waals surface area contributed by atoms with E-state index in [9.17, 15) is 22.8 Å². The summed E-state index contributed by atoms with van der Waals surface area (Å²) in [5.41, 5.74) is 6.40. The minimum atomic E-state index is -3.69. The Morgan fingerprint density at radius 3 is 2.34 bits per heavy atom. The molecule has 3 heterocycles. The van der Waals surface area contributed by atoms with Crippen LogP contribution < -0.4 is 5.73 Å². The smallest absolute Gasteiger partial charge is 0.265 e. The van der Waals surface area contributed by atoms with Crippen LogP contribution in [0.1, 0.15) is 45.4 Å². The van der Waals surface area contributed by atoms with Gasteiger partial charge in [0, 0.05) is 31.0 Å². The van der Waals surface area contributed by atoms with Crippen molar-refractivity contribution in [3.63, 3.8) is 0 Å². The average Bonchev–Trinajstić information content (AvgIpc) is 3.18. The Labute approximate surface area is 171 Å². The molecule has 2 N–H and O–H groups in total. The minimum absolute atomic E-state index is 0.0868. The minimum Gasteiger partial charge on any atom is -0.369 e. The summed E-state index contributed by atoms with van der Waals surface area (Å²) < 4.78 is 25.3. The summed E-state index contributed by atoms with van der Waals surface area (Å²) in [5.74, 6) is -0.924. The maximum absolute atomic E-state index is 12.9. The fourth-order valence-corrected chi connectivity index (χ4v) is 5.70. The molecular weight excluding hydrogens is 396 g/mol. The molecule has 0 spiro atoms. The van der Waals surface area contributed by atoms with E-state index in [2.05, 4.69) is 4.90 Å². The van der Waals surface area contributed by atoms with Gasteiger partial charge < -0.3 is 15.5 Å². The predicted molar refractivity (Wildman–Crippen MR) is 107 cm³/mol. The van der Waals surface area contributed by atoms with Crippen molar-refractivity contribution in [2.24, 2.45) is 11.7 Å². The zero-order chi connectivity index (χ0) is 21.3. The number of sulfonamides is 1. The molecule has 3 rings (SSSR count). The van der Waals surface area contributed by atoms with Crippen LogP contribution in [-0.2, 0) is 24.4 Å². The number of rotatable bonds is 7. The van der Waals surface area contributed by atoms with E-state index in [-0.39, 0.29) is 17.7 Å². The second-order valence-electron chi connectivity index (χ2n) is 8.10. The number of likely N-dealkylation sites (tertiary alicyclic amines) is 2. The van der Waals surface area contributed by atoms with Crippen molar-refractivity contribution in [1.82, 2.24) is 14.1 Å². The Hall–Kier alpha value is -1.94. The van der Waals surface area contributed by atoms with Gasteiger partial charge in [0.25, 0.3) is 5.91 Å². The van der Waals surface area contributed by atoms with Crippen molar-refractivity contribution >= 4 is 27.7 Å². The quantitative estimate of drug-likeness (QED) is 0.613. The summed E-state index contributed by atoms with van der Waals surface area (Å²) in [6.45, 7) is 4.39. The second-order valence-corrected chi connectivity index (χ2v) is 9.96. The Morgan fingerprint density at radius 1 is 1.14 bits per heavy atom. The van der Waals surface area contributed by atoms with E-state index in [0.29, 0.717) is 62.9 Å². The van der Waals surface area contributed by atoms with E-state index in [1.54, 1.807) is 4.90 Å². The number of primary amides is 1. The number of fused-ring (bicyclic) bond motifs is 1. The van der Waals surface area contributed by atoms with Crippen LogP contribution in [0.15, 0.2) is 11.3 Å². The van der Waals surface area contributed by atoms with Crippen LogP contribution in [0.2, 0.25) is 0 Å². The Kier molecular flexibility index (Phi) is 6.33. The van der Waals surface area contributed by atoms with E-state index >= 15 is 0 Å². The summed E-state index contributed by atoms with van der Waals surface area (Å²) in [6.07, 6.45) is 4.35. The van der Waals surface area contributed by atoms with Gasteiger partial charge in [0.2, 0.25) is 21.8 Å². The summed E-state index contributed by atoms with van der Waals surface area (Å²) in [4.78, 5) is 40.7. The Balaban J connectivity index is 1.67. The summed E-state index contributed by atoms with van der Waals surface area (Å²) >= 11 is 0. The predicted octanol–water partition coefficient (Wildman–Crippen LogP) is 0.0307. The SMILES string of the molecule is CCCC1=C2C(CCN2C(=O)CCN2CCC(C(N)=O)CC2)N(S(C)(=O)=O)C1=O. The molecule has 9 nitrogen and oxygen atoms in total. The highest BCUT2D eigenvalue weighted by Gasteiger charge is 2.49. The number of amides is 3. The first-order valence-corrected chi connectivity index (χ1v) is 12.1. The van der Waals surface area contributed by atoms with E-state index in [1.165, 1.54) is 0 Å². The lowest BCUT2D eigenvalue weighted by molar-refractivity contribution is -0.129. The van der Waals surface area contributed by atoms with Crippen molar-refractivity contribution in [2.45, 2.75) is 51.5 Å². The Morgan fingerprint density at radius 2 is 1.79 bits per heavy atom. The number of nitrogens with zero attached hydrogens (tertiary/aromatic N) is 3. The van der Waals surface area contributed by atoms with Crippen molar-refractivity contribution < 1.29 is 22.8 Å². The van der Waals surface area contributed by atoms with Crippen LogP contribution in [0, 0.1) is 5.92 Å². The van der Waals surface area contributed by atoms with Gasteiger partial charge in [-0.15, -0.1) is 0 Å². The zero-order valence-electron chi connectivity index (χ0n) is 17.1. The molecule has 0 radical (unpaired) electrons. The summed E-state index contributed by atoms with van der Waals surface area (Å²) in [7, 11) is -3.69. The van der Waals surface area contributed by atoms with Crippen LogP contribution in [-0.4, -0.2) is 78.7 Å². The number of piperidine rings is 1. The number of hydrogen-bond donors (Lipinski definition) is 1. The van der Waals surface area contributed by atoms with E-state index in [4.69, 9.17) is 5.73 Å². The molecule has 0 aliphatic carbocycles. The van der Waals surface area contributed by atoms with Crippen LogP contribution in [0.25, 0.3) is 0 Å². The third kappa shape index (κ3) is 4.32. The largest absolute Gasteiger partial charge is 0.369 e. The van der Waals surface area contributed by atoms with E-state index < -0.39 is 22.0 Å². The zero-order valence-corrected chi connectivity index (χ0v) is 17.9. The van der Waals surface area contributed by atoms with Crippen LogP contribution >= 0.6 is 0 Å². The molecule has 1 atom stereocenters. The molecule has 3 amide bonds. The lowest BCUT2D eigenvalue weighted by Gasteiger charge is -2.30. The van der Waals surface area contributed by atoms with Gasteiger partial charge in [-0.3, -0.25) is 14.4 Å². The van der Waals surface area contributed by atoms with Gasteiger partial charge in [0.1, 0.15) is 0 Å². The van der Waals surface area contributed by atoms with Gasteiger partial charge in [-0.1, -0.05) is 13.3 Å². The third-order valence-electron chi connectivity index (χ3n) is 6.07. The van der Waals surface area contributed by atoms with E-state index in [1.807, 2.05) is 6.92 Å². The molecule has 10 heteroatoms. The monoisotopic (exact) mass is 426 g/mol. The van der Waals surface area contributed by atoms with Gasteiger partial charge in [-0.05, 0) is 38.8 Å². The maximum atomic E-state index is 12.9. The van der Waals surface area contributed by atoms with Crippen molar-refractivity contribution in [3.05, 3.63) is 11.3 Å². The maximum Gasteiger partial charge on any atom is 0.265 e. The van der Waals surface area contributed by atoms with Gasteiger partial charge >= 0.3 is 0 Å².